The standard InChI is InChI=1S/C7H6I2O2/c1-11-7(10)6-4(8)2-3-5(6)9/h2-3,6H,1H3. The van der Waals surface area contributed by atoms with Crippen molar-refractivity contribution in [1.29, 1.82) is 0 Å². The molecule has 0 aromatic carbocycles. The molecule has 0 aromatic heterocycles. The molecule has 0 saturated carbocycles. The molecule has 0 N–H and O–H groups in total. The van der Waals surface area contributed by atoms with Crippen LogP contribution in [0.2, 0.25) is 0 Å². The number of hydrogen-bond acceptors (Lipinski definition) is 2. The molecule has 11 heavy (non-hydrogen) atoms. The average Bonchev–Trinajstić information content (AvgIpc) is 2.30. The number of rotatable bonds is 1. The van der Waals surface area contributed by atoms with Crippen LogP contribution >= 0.6 is 45.2 Å². The molecule has 0 unspecified atom stereocenters. The molecule has 0 amide bonds. The monoisotopic (exact) mass is 376 g/mol. The molecule has 0 saturated heterocycles. The van der Waals surface area contributed by atoms with Crippen LogP contribution in [0.3, 0.4) is 0 Å². The average molecular weight is 376 g/mol. The van der Waals surface area contributed by atoms with Crippen LogP contribution in [-0.2, 0) is 9.53 Å². The van der Waals surface area contributed by atoms with Crippen molar-refractivity contribution in [1.82, 2.24) is 0 Å². The highest BCUT2D eigenvalue weighted by atomic mass is 127. The summed E-state index contributed by atoms with van der Waals surface area (Å²) < 4.78 is 6.70. The minimum absolute atomic E-state index is 0.152. The van der Waals surface area contributed by atoms with Crippen LogP contribution in [-0.4, -0.2) is 13.1 Å². The lowest BCUT2D eigenvalue weighted by Crippen LogP contribution is -2.14. The van der Waals surface area contributed by atoms with Gasteiger partial charge in [0.25, 0.3) is 0 Å². The number of halogens is 2. The highest BCUT2D eigenvalue weighted by molar-refractivity contribution is 14.1. The first-order chi connectivity index (χ1) is 5.16. The van der Waals surface area contributed by atoms with Crippen LogP contribution < -0.4 is 0 Å². The van der Waals surface area contributed by atoms with E-state index < -0.39 is 0 Å². The van der Waals surface area contributed by atoms with Gasteiger partial charge in [0.2, 0.25) is 0 Å². The Morgan fingerprint density at radius 3 is 2.27 bits per heavy atom. The van der Waals surface area contributed by atoms with Gasteiger partial charge in [-0.05, 0) is 45.2 Å². The Morgan fingerprint density at radius 2 is 1.91 bits per heavy atom. The first kappa shape index (κ1) is 9.50. The second-order valence-electron chi connectivity index (χ2n) is 2.06. The zero-order chi connectivity index (χ0) is 8.43. The van der Waals surface area contributed by atoms with E-state index in [0.717, 1.165) is 7.16 Å². The lowest BCUT2D eigenvalue weighted by atomic mass is 10.2. The van der Waals surface area contributed by atoms with Crippen LogP contribution in [0, 0.1) is 5.92 Å². The molecule has 60 valence electrons. The van der Waals surface area contributed by atoms with E-state index >= 15 is 0 Å². The molecule has 0 radical (unpaired) electrons. The molecule has 0 heterocycles. The normalized spacial score (nSPS) is 17.7. The molecule has 2 nitrogen and oxygen atoms in total. The lowest BCUT2D eigenvalue weighted by molar-refractivity contribution is -0.142. The van der Waals surface area contributed by atoms with E-state index in [4.69, 9.17) is 0 Å². The van der Waals surface area contributed by atoms with Crippen LogP contribution in [0.4, 0.5) is 0 Å². The third kappa shape index (κ3) is 1.95. The van der Waals surface area contributed by atoms with Crippen molar-refractivity contribution < 1.29 is 9.53 Å². The second kappa shape index (κ2) is 3.88. The topological polar surface area (TPSA) is 26.3 Å². The summed E-state index contributed by atoms with van der Waals surface area (Å²) in [6.45, 7) is 0. The van der Waals surface area contributed by atoms with Gasteiger partial charge >= 0.3 is 5.97 Å². The molecule has 0 spiro atoms. The summed E-state index contributed by atoms with van der Waals surface area (Å²) in [6.07, 6.45) is 3.87. The summed E-state index contributed by atoms with van der Waals surface area (Å²) in [5, 5.41) is 0. The first-order valence-corrected chi connectivity index (χ1v) is 5.13. The maximum absolute atomic E-state index is 11.1. The van der Waals surface area contributed by atoms with Gasteiger partial charge in [-0.15, -0.1) is 0 Å². The van der Waals surface area contributed by atoms with Crippen molar-refractivity contribution in [2.45, 2.75) is 0 Å². The van der Waals surface area contributed by atoms with Crippen LogP contribution in [0.1, 0.15) is 0 Å². The quantitative estimate of drug-likeness (QED) is 0.519. The van der Waals surface area contributed by atoms with Gasteiger partial charge in [-0.3, -0.25) is 4.79 Å². The minimum atomic E-state index is -0.177. The van der Waals surface area contributed by atoms with Gasteiger partial charge in [0.05, 0.1) is 7.11 Å². The third-order valence-corrected chi connectivity index (χ3v) is 3.36. The van der Waals surface area contributed by atoms with Crippen LogP contribution in [0.15, 0.2) is 19.3 Å². The number of methoxy groups -OCH3 is 1. The van der Waals surface area contributed by atoms with E-state index in [0.29, 0.717) is 0 Å². The fourth-order valence-corrected chi connectivity index (χ4v) is 2.96. The number of allylic oxidation sites excluding steroid dienone is 2. The number of carbonyl (C=O) groups is 1. The Hall–Kier alpha value is 0.410. The Morgan fingerprint density at radius 1 is 1.45 bits per heavy atom. The van der Waals surface area contributed by atoms with Crippen molar-refractivity contribution in [2.24, 2.45) is 5.92 Å². The summed E-state index contributed by atoms with van der Waals surface area (Å²) in [7, 11) is 1.41. The largest absolute Gasteiger partial charge is 0.468 e. The molecular formula is C7H6I2O2. The molecule has 1 rings (SSSR count). The summed E-state index contributed by atoms with van der Waals surface area (Å²) in [5.41, 5.74) is 0. The van der Waals surface area contributed by atoms with E-state index in [1.807, 2.05) is 12.2 Å². The molecule has 0 aliphatic heterocycles. The van der Waals surface area contributed by atoms with Gasteiger partial charge in [-0.25, -0.2) is 0 Å². The summed E-state index contributed by atoms with van der Waals surface area (Å²) in [6, 6.07) is 0. The van der Waals surface area contributed by atoms with E-state index in [1.54, 1.807) is 0 Å². The summed E-state index contributed by atoms with van der Waals surface area (Å²) >= 11 is 4.30. The van der Waals surface area contributed by atoms with E-state index in [9.17, 15) is 4.79 Å². The maximum atomic E-state index is 11.1. The van der Waals surface area contributed by atoms with Gasteiger partial charge in [0.1, 0.15) is 5.92 Å². The predicted molar refractivity (Wildman–Crippen MR) is 59.7 cm³/mol. The SMILES string of the molecule is COC(=O)C1C(I)=CC=C1I. The van der Waals surface area contributed by atoms with Crippen molar-refractivity contribution in [3.63, 3.8) is 0 Å². The molecule has 0 atom stereocenters. The minimum Gasteiger partial charge on any atom is -0.468 e. The van der Waals surface area contributed by atoms with Gasteiger partial charge in [0, 0.05) is 7.16 Å². The molecule has 0 aromatic rings. The number of esters is 1. The summed E-state index contributed by atoms with van der Waals surface area (Å²) in [5.74, 6) is -0.329. The molecular weight excluding hydrogens is 370 g/mol. The fourth-order valence-electron chi connectivity index (χ4n) is 0.826. The molecule has 1 aliphatic carbocycles. The van der Waals surface area contributed by atoms with E-state index in [2.05, 4.69) is 49.9 Å². The Balaban J connectivity index is 2.80. The fraction of sp³-hybridized carbons (Fsp3) is 0.286. The third-order valence-electron chi connectivity index (χ3n) is 1.39. The second-order valence-corrected chi connectivity index (χ2v) is 4.55. The number of hydrogen-bond donors (Lipinski definition) is 0. The molecule has 1 aliphatic rings. The maximum Gasteiger partial charge on any atom is 0.318 e. The first-order valence-electron chi connectivity index (χ1n) is 2.97. The molecule has 0 fully saturated rings. The zero-order valence-corrected chi connectivity index (χ0v) is 10.1. The van der Waals surface area contributed by atoms with Crippen LogP contribution in [0.25, 0.3) is 0 Å². The Labute approximate surface area is 92.3 Å². The van der Waals surface area contributed by atoms with Crippen molar-refractivity contribution in [2.75, 3.05) is 7.11 Å². The summed E-state index contributed by atoms with van der Waals surface area (Å²) in [4.78, 5) is 11.1. The molecule has 4 heteroatoms. The van der Waals surface area contributed by atoms with E-state index in [-0.39, 0.29) is 11.9 Å². The van der Waals surface area contributed by atoms with Gasteiger partial charge in [-0.2, -0.15) is 0 Å². The molecule has 0 bridgehead atoms. The highest BCUT2D eigenvalue weighted by Gasteiger charge is 2.27. The smallest absolute Gasteiger partial charge is 0.318 e. The zero-order valence-electron chi connectivity index (χ0n) is 5.80. The number of ether oxygens (including phenoxy) is 1. The van der Waals surface area contributed by atoms with E-state index in [1.165, 1.54) is 7.11 Å². The lowest BCUT2D eigenvalue weighted by Gasteiger charge is -2.08. The van der Waals surface area contributed by atoms with Gasteiger partial charge in [-0.1, -0.05) is 12.2 Å². The van der Waals surface area contributed by atoms with Crippen molar-refractivity contribution >= 4 is 51.2 Å². The Bertz CT molecular complexity index is 225. The van der Waals surface area contributed by atoms with Crippen molar-refractivity contribution in [3.05, 3.63) is 19.3 Å². The van der Waals surface area contributed by atoms with Crippen LogP contribution in [0.5, 0.6) is 0 Å². The number of carbonyl (C=O) groups excluding carboxylic acids is 1. The van der Waals surface area contributed by atoms with Gasteiger partial charge < -0.3 is 4.74 Å². The van der Waals surface area contributed by atoms with Gasteiger partial charge in [0.15, 0.2) is 0 Å². The van der Waals surface area contributed by atoms with Crippen molar-refractivity contribution in [3.8, 4) is 0 Å². The predicted octanol–water partition coefficient (Wildman–Crippen LogP) is 2.43. The Kier molecular flexibility index (Phi) is 3.35. The highest BCUT2D eigenvalue weighted by Crippen LogP contribution is 2.35.